The number of aromatic nitrogens is 3. The molecule has 1 unspecified atom stereocenters. The molecule has 1 amide bonds. The van der Waals surface area contributed by atoms with Crippen molar-refractivity contribution in [2.75, 3.05) is 0 Å². The van der Waals surface area contributed by atoms with Crippen molar-refractivity contribution in [3.8, 4) is 5.75 Å². The van der Waals surface area contributed by atoms with Gasteiger partial charge in [-0.3, -0.25) is 0 Å². The summed E-state index contributed by atoms with van der Waals surface area (Å²) in [6.07, 6.45) is 2.43. The zero-order chi connectivity index (χ0) is 23.6. The predicted octanol–water partition coefficient (Wildman–Crippen LogP) is 5.88. The third kappa shape index (κ3) is 5.25. The Hall–Kier alpha value is -2.57. The van der Waals surface area contributed by atoms with Gasteiger partial charge >= 0.3 is 6.09 Å². The first-order chi connectivity index (χ1) is 15.0. The number of hydrogen-bond donors (Lipinski definition) is 1. The first kappa shape index (κ1) is 24.1. The molecule has 1 atom stereocenters. The number of hydrogen-bond acceptors (Lipinski definition) is 4. The summed E-state index contributed by atoms with van der Waals surface area (Å²) in [7, 11) is 2.00. The van der Waals surface area contributed by atoms with E-state index in [1.54, 1.807) is 4.90 Å². The van der Waals surface area contributed by atoms with Crippen LogP contribution >= 0.6 is 0 Å². The van der Waals surface area contributed by atoms with Crippen LogP contribution in [0.1, 0.15) is 102 Å². The molecule has 0 spiro atoms. The average molecular weight is 443 g/mol. The molecule has 0 aliphatic heterocycles. The quantitative estimate of drug-likeness (QED) is 0.604. The van der Waals surface area contributed by atoms with E-state index >= 15 is 0 Å². The zero-order valence-corrected chi connectivity index (χ0v) is 20.5. The number of amides is 1. The zero-order valence-electron chi connectivity index (χ0n) is 20.5. The molecule has 0 radical (unpaired) electrons. The Morgan fingerprint density at radius 2 is 1.81 bits per heavy atom. The van der Waals surface area contributed by atoms with E-state index in [2.05, 4.69) is 40.7 Å². The van der Waals surface area contributed by atoms with E-state index in [9.17, 15) is 9.90 Å². The van der Waals surface area contributed by atoms with Gasteiger partial charge in [-0.05, 0) is 77.0 Å². The molecule has 1 aromatic carbocycles. The minimum atomic E-state index is -0.839. The first-order valence-electron chi connectivity index (χ1n) is 11.7. The van der Waals surface area contributed by atoms with Gasteiger partial charge in [0.05, 0.1) is 0 Å². The van der Waals surface area contributed by atoms with Crippen LogP contribution in [0.3, 0.4) is 0 Å². The van der Waals surface area contributed by atoms with Crippen molar-refractivity contribution in [3.05, 3.63) is 41.5 Å². The van der Waals surface area contributed by atoms with Crippen molar-refractivity contribution in [2.45, 2.75) is 96.7 Å². The van der Waals surface area contributed by atoms with E-state index in [4.69, 9.17) is 4.74 Å². The van der Waals surface area contributed by atoms with Crippen LogP contribution in [0.25, 0.3) is 0 Å². The fourth-order valence-corrected chi connectivity index (χ4v) is 4.85. The van der Waals surface area contributed by atoms with Gasteiger partial charge in [-0.15, -0.1) is 10.2 Å². The average Bonchev–Trinajstić information content (AvgIpc) is 3.09. The lowest BCUT2D eigenvalue weighted by molar-refractivity contribution is 0.0541. The summed E-state index contributed by atoms with van der Waals surface area (Å²) in [4.78, 5) is 13.4. The molecule has 1 aromatic heterocycles. The van der Waals surface area contributed by atoms with Crippen molar-refractivity contribution in [3.63, 3.8) is 0 Å². The molecule has 3 rings (SSSR count). The van der Waals surface area contributed by atoms with Gasteiger partial charge in [-0.1, -0.05) is 26.0 Å². The van der Waals surface area contributed by atoms with Gasteiger partial charge in [-0.2, -0.15) is 0 Å². The maximum atomic E-state index is 11.8. The van der Waals surface area contributed by atoms with E-state index in [1.165, 1.54) is 5.56 Å². The second-order valence-electron chi connectivity index (χ2n) is 10.3. The Labute approximate surface area is 191 Å². The maximum Gasteiger partial charge on any atom is 0.407 e. The van der Waals surface area contributed by atoms with Crippen LogP contribution in [-0.2, 0) is 7.05 Å². The molecule has 0 saturated heterocycles. The highest BCUT2D eigenvalue weighted by Gasteiger charge is 2.37. The van der Waals surface area contributed by atoms with Crippen molar-refractivity contribution in [1.29, 1.82) is 0 Å². The Morgan fingerprint density at radius 1 is 1.16 bits per heavy atom. The Kier molecular flexibility index (Phi) is 7.16. The molecule has 2 aromatic rings. The number of nitrogens with zero attached hydrogens (tertiary/aromatic N) is 4. The van der Waals surface area contributed by atoms with Crippen LogP contribution in [0, 0.1) is 0 Å². The third-order valence-electron chi connectivity index (χ3n) is 6.50. The third-order valence-corrected chi connectivity index (χ3v) is 6.50. The summed E-state index contributed by atoms with van der Waals surface area (Å²) >= 11 is 0. The van der Waals surface area contributed by atoms with Crippen molar-refractivity contribution < 1.29 is 14.6 Å². The number of benzene rings is 1. The summed E-state index contributed by atoms with van der Waals surface area (Å²) in [6.45, 7) is 12.2. The fourth-order valence-electron chi connectivity index (χ4n) is 4.85. The van der Waals surface area contributed by atoms with Gasteiger partial charge in [0.1, 0.15) is 11.6 Å². The summed E-state index contributed by atoms with van der Waals surface area (Å²) < 4.78 is 8.25. The summed E-state index contributed by atoms with van der Waals surface area (Å²) in [5.74, 6) is 3.33. The fraction of sp³-hybridized carbons (Fsp3) is 0.640. The van der Waals surface area contributed by atoms with Crippen molar-refractivity contribution in [2.24, 2.45) is 7.05 Å². The van der Waals surface area contributed by atoms with Crippen LogP contribution < -0.4 is 4.74 Å². The predicted molar refractivity (Wildman–Crippen MR) is 125 cm³/mol. The topological polar surface area (TPSA) is 80.5 Å². The van der Waals surface area contributed by atoms with Crippen molar-refractivity contribution >= 4 is 6.09 Å². The highest BCUT2D eigenvalue weighted by Crippen LogP contribution is 2.36. The van der Waals surface area contributed by atoms with Gasteiger partial charge < -0.3 is 19.3 Å². The van der Waals surface area contributed by atoms with Gasteiger partial charge in [0.25, 0.3) is 0 Å². The second-order valence-corrected chi connectivity index (χ2v) is 10.3. The highest BCUT2D eigenvalue weighted by molar-refractivity contribution is 5.66. The molecule has 1 heterocycles. The van der Waals surface area contributed by atoms with E-state index in [0.29, 0.717) is 5.92 Å². The van der Waals surface area contributed by atoms with Crippen LogP contribution in [0.2, 0.25) is 0 Å². The molecule has 7 nitrogen and oxygen atoms in total. The lowest BCUT2D eigenvalue weighted by Crippen LogP contribution is -2.52. The number of rotatable bonds is 6. The molecule has 1 aliphatic carbocycles. The Bertz CT molecular complexity index is 924. The van der Waals surface area contributed by atoms with Gasteiger partial charge in [0.2, 0.25) is 0 Å². The molecule has 176 valence electrons. The molecule has 1 saturated carbocycles. The molecule has 32 heavy (non-hydrogen) atoms. The van der Waals surface area contributed by atoms with Gasteiger partial charge in [-0.25, -0.2) is 4.79 Å². The molecular weight excluding hydrogens is 404 g/mol. The molecule has 1 N–H and O–H groups in total. The minimum absolute atomic E-state index is 0.0481. The van der Waals surface area contributed by atoms with Crippen LogP contribution in [-0.4, -0.2) is 42.4 Å². The summed E-state index contributed by atoms with van der Waals surface area (Å²) in [5.41, 5.74) is 0.844. The van der Waals surface area contributed by atoms with Gasteiger partial charge in [0.15, 0.2) is 11.9 Å². The largest absolute Gasteiger partial charge is 0.483 e. The summed E-state index contributed by atoms with van der Waals surface area (Å²) in [5, 5.41) is 18.7. The molecular formula is C25H38N4O3. The van der Waals surface area contributed by atoms with Crippen LogP contribution in [0.15, 0.2) is 24.3 Å². The lowest BCUT2D eigenvalue weighted by atomic mass is 9.83. The first-order valence-corrected chi connectivity index (χ1v) is 11.7. The Balaban J connectivity index is 1.68. The van der Waals surface area contributed by atoms with E-state index in [1.807, 2.05) is 46.9 Å². The summed E-state index contributed by atoms with van der Waals surface area (Å²) in [6, 6.07) is 8.25. The number of carbonyl (C=O) groups is 1. The van der Waals surface area contributed by atoms with Crippen LogP contribution in [0.4, 0.5) is 4.79 Å². The van der Waals surface area contributed by atoms with E-state index in [-0.39, 0.29) is 18.1 Å². The second kappa shape index (κ2) is 9.51. The van der Waals surface area contributed by atoms with E-state index in [0.717, 1.165) is 43.1 Å². The molecule has 1 aliphatic rings. The molecule has 7 heteroatoms. The standard InChI is InChI=1S/C25H38N4O3/c1-16(2)19-9-8-10-21(15-19)32-17(3)22-26-27-23(28(22)7)18-11-13-20(14-12-18)29(24(30)31)25(4,5)6/h8-10,15-18,20H,11-14H2,1-7H3,(H,30,31)/t17?,18-,20-. The molecule has 1 fully saturated rings. The smallest absolute Gasteiger partial charge is 0.407 e. The van der Waals surface area contributed by atoms with Gasteiger partial charge in [0, 0.05) is 24.5 Å². The number of ether oxygens (including phenoxy) is 1. The highest BCUT2D eigenvalue weighted by atomic mass is 16.5. The monoisotopic (exact) mass is 442 g/mol. The maximum absolute atomic E-state index is 11.8. The van der Waals surface area contributed by atoms with E-state index < -0.39 is 11.6 Å². The molecule has 0 bridgehead atoms. The lowest BCUT2D eigenvalue weighted by Gasteiger charge is -2.42. The normalized spacial score (nSPS) is 20.2. The van der Waals surface area contributed by atoms with Crippen LogP contribution in [0.5, 0.6) is 5.75 Å². The minimum Gasteiger partial charge on any atom is -0.483 e. The van der Waals surface area contributed by atoms with Crippen molar-refractivity contribution in [1.82, 2.24) is 19.7 Å². The Morgan fingerprint density at radius 3 is 2.38 bits per heavy atom. The number of carboxylic acid groups (broad SMARTS) is 1. The SMILES string of the molecule is CC(C)c1cccc(OC(C)c2nnc([C@H]3CC[C@H](N(C(=O)O)C(C)(C)C)CC3)n2C)c1.